The third-order valence-electron chi connectivity index (χ3n) is 4.66. The van der Waals surface area contributed by atoms with Crippen LogP contribution in [0.3, 0.4) is 0 Å². The monoisotopic (exact) mass is 436 g/mol. The Morgan fingerprint density at radius 3 is 2.19 bits per heavy atom. The van der Waals surface area contributed by atoms with Crippen LogP contribution in [-0.4, -0.2) is 36.8 Å². The van der Waals surface area contributed by atoms with Gasteiger partial charge in [-0.2, -0.15) is 4.31 Å². The second-order valence-electron chi connectivity index (χ2n) is 6.66. The van der Waals surface area contributed by atoms with Gasteiger partial charge in [-0.3, -0.25) is 4.98 Å². The molecule has 7 heteroatoms. The Balaban J connectivity index is 1.65. The zero-order chi connectivity index (χ0) is 22.3. The Hall–Kier alpha value is -3.29. The quantitative estimate of drug-likeness (QED) is 0.384. The lowest BCUT2D eigenvalue weighted by molar-refractivity contribution is 0.0734. The number of sulfonamides is 1. The molecule has 0 spiro atoms. The van der Waals surface area contributed by atoms with Gasteiger partial charge in [-0.25, -0.2) is 13.2 Å². The smallest absolute Gasteiger partial charge is 0.343 e. The number of ether oxygens (including phenoxy) is 1. The minimum Gasteiger partial charge on any atom is -0.423 e. The van der Waals surface area contributed by atoms with Crippen molar-refractivity contribution in [2.24, 2.45) is 0 Å². The molecule has 3 rings (SSSR count). The first-order valence-electron chi connectivity index (χ1n) is 9.95. The number of benzene rings is 2. The SMILES string of the molecule is CCN(CC)S(=O)(=O)c1ccc(C(=O)Oc2ccc(/C=C/c3ccccn3)cc2)cc1. The number of esters is 1. The highest BCUT2D eigenvalue weighted by Crippen LogP contribution is 2.19. The van der Waals surface area contributed by atoms with E-state index < -0.39 is 16.0 Å². The fourth-order valence-electron chi connectivity index (χ4n) is 2.94. The second kappa shape index (κ2) is 10.1. The molecule has 1 aromatic heterocycles. The first-order valence-corrected chi connectivity index (χ1v) is 11.4. The van der Waals surface area contributed by atoms with Crippen molar-refractivity contribution < 1.29 is 17.9 Å². The lowest BCUT2D eigenvalue weighted by Gasteiger charge is -2.18. The number of pyridine rings is 1. The minimum absolute atomic E-state index is 0.150. The van der Waals surface area contributed by atoms with E-state index in [1.165, 1.54) is 28.6 Å². The van der Waals surface area contributed by atoms with Gasteiger partial charge in [0.05, 0.1) is 16.2 Å². The van der Waals surface area contributed by atoms with Crippen molar-refractivity contribution in [1.29, 1.82) is 0 Å². The Kier molecular flexibility index (Phi) is 7.33. The molecule has 160 valence electrons. The summed E-state index contributed by atoms with van der Waals surface area (Å²) >= 11 is 0. The summed E-state index contributed by atoms with van der Waals surface area (Å²) in [6, 6.07) is 18.5. The molecule has 0 atom stereocenters. The van der Waals surface area contributed by atoms with Crippen molar-refractivity contribution >= 4 is 28.1 Å². The number of rotatable bonds is 8. The van der Waals surface area contributed by atoms with Crippen LogP contribution in [0.4, 0.5) is 0 Å². The fraction of sp³-hybridized carbons (Fsp3) is 0.167. The molecule has 0 amide bonds. The van der Waals surface area contributed by atoms with E-state index in [9.17, 15) is 13.2 Å². The van der Waals surface area contributed by atoms with Gasteiger partial charge in [0.2, 0.25) is 10.0 Å². The third kappa shape index (κ3) is 5.65. The number of carbonyl (C=O) groups excluding carboxylic acids is 1. The van der Waals surface area contributed by atoms with Crippen LogP contribution in [0.5, 0.6) is 5.75 Å². The van der Waals surface area contributed by atoms with E-state index in [1.807, 2.05) is 42.5 Å². The topological polar surface area (TPSA) is 76.6 Å². The Morgan fingerprint density at radius 1 is 0.935 bits per heavy atom. The molecule has 0 bridgehead atoms. The van der Waals surface area contributed by atoms with Crippen LogP contribution >= 0.6 is 0 Å². The summed E-state index contributed by atoms with van der Waals surface area (Å²) in [7, 11) is -3.56. The summed E-state index contributed by atoms with van der Waals surface area (Å²) in [5, 5.41) is 0. The zero-order valence-electron chi connectivity index (χ0n) is 17.4. The predicted molar refractivity (Wildman–Crippen MR) is 121 cm³/mol. The van der Waals surface area contributed by atoms with Crippen molar-refractivity contribution in [3.8, 4) is 5.75 Å². The van der Waals surface area contributed by atoms with Gasteiger partial charge in [-0.05, 0) is 60.2 Å². The Labute approximate surface area is 182 Å². The summed E-state index contributed by atoms with van der Waals surface area (Å²) in [5.74, 6) is -0.150. The van der Waals surface area contributed by atoms with Crippen LogP contribution < -0.4 is 4.74 Å². The highest BCUT2D eigenvalue weighted by Gasteiger charge is 2.21. The van der Waals surface area contributed by atoms with Crippen LogP contribution in [0.2, 0.25) is 0 Å². The van der Waals surface area contributed by atoms with E-state index in [1.54, 1.807) is 32.2 Å². The van der Waals surface area contributed by atoms with E-state index >= 15 is 0 Å². The average Bonchev–Trinajstić information content (AvgIpc) is 2.80. The largest absolute Gasteiger partial charge is 0.423 e. The van der Waals surface area contributed by atoms with E-state index in [-0.39, 0.29) is 10.5 Å². The molecule has 2 aromatic carbocycles. The molecular weight excluding hydrogens is 412 g/mol. The fourth-order valence-corrected chi connectivity index (χ4v) is 4.40. The molecule has 0 unspecified atom stereocenters. The maximum Gasteiger partial charge on any atom is 0.343 e. The van der Waals surface area contributed by atoms with Gasteiger partial charge < -0.3 is 4.74 Å². The minimum atomic E-state index is -3.56. The van der Waals surface area contributed by atoms with Crippen molar-refractivity contribution in [2.45, 2.75) is 18.7 Å². The molecule has 0 radical (unpaired) electrons. The van der Waals surface area contributed by atoms with E-state index in [0.717, 1.165) is 11.3 Å². The molecule has 0 fully saturated rings. The highest BCUT2D eigenvalue weighted by atomic mass is 32.2. The molecule has 0 aliphatic carbocycles. The van der Waals surface area contributed by atoms with Crippen molar-refractivity contribution in [2.75, 3.05) is 13.1 Å². The second-order valence-corrected chi connectivity index (χ2v) is 8.60. The number of nitrogens with zero attached hydrogens (tertiary/aromatic N) is 2. The van der Waals surface area contributed by atoms with Gasteiger partial charge in [0.25, 0.3) is 0 Å². The van der Waals surface area contributed by atoms with Crippen molar-refractivity contribution in [3.05, 3.63) is 89.7 Å². The average molecular weight is 437 g/mol. The molecule has 3 aromatic rings. The number of hydrogen-bond acceptors (Lipinski definition) is 5. The van der Waals surface area contributed by atoms with Crippen LogP contribution in [0.15, 0.2) is 77.8 Å². The Bertz CT molecular complexity index is 1140. The van der Waals surface area contributed by atoms with Gasteiger partial charge in [0.15, 0.2) is 0 Å². The van der Waals surface area contributed by atoms with Crippen molar-refractivity contribution in [3.63, 3.8) is 0 Å². The van der Waals surface area contributed by atoms with Crippen molar-refractivity contribution in [1.82, 2.24) is 9.29 Å². The molecule has 0 saturated carbocycles. The van der Waals surface area contributed by atoms with E-state index in [2.05, 4.69) is 4.98 Å². The van der Waals surface area contributed by atoms with Gasteiger partial charge in [-0.15, -0.1) is 0 Å². The third-order valence-corrected chi connectivity index (χ3v) is 6.72. The summed E-state index contributed by atoms with van der Waals surface area (Å²) in [5.41, 5.74) is 2.07. The van der Waals surface area contributed by atoms with Crippen LogP contribution in [0.25, 0.3) is 12.2 Å². The lowest BCUT2D eigenvalue weighted by Crippen LogP contribution is -2.30. The first-order chi connectivity index (χ1) is 14.9. The van der Waals surface area contributed by atoms with Gasteiger partial charge in [-0.1, -0.05) is 38.1 Å². The lowest BCUT2D eigenvalue weighted by atomic mass is 10.2. The van der Waals surface area contributed by atoms with Gasteiger partial charge in [0.1, 0.15) is 5.75 Å². The van der Waals surface area contributed by atoms with E-state index in [0.29, 0.717) is 18.8 Å². The van der Waals surface area contributed by atoms with E-state index in [4.69, 9.17) is 4.74 Å². The summed E-state index contributed by atoms with van der Waals surface area (Å²) in [6.07, 6.45) is 5.55. The maximum atomic E-state index is 12.5. The normalized spacial score (nSPS) is 11.7. The molecule has 0 aliphatic rings. The van der Waals surface area contributed by atoms with Gasteiger partial charge in [0, 0.05) is 19.3 Å². The molecule has 31 heavy (non-hydrogen) atoms. The van der Waals surface area contributed by atoms with Gasteiger partial charge >= 0.3 is 5.97 Å². The van der Waals surface area contributed by atoms with Crippen LogP contribution in [0, 0.1) is 0 Å². The Morgan fingerprint density at radius 2 is 1.61 bits per heavy atom. The summed E-state index contributed by atoms with van der Waals surface area (Å²) in [6.45, 7) is 4.34. The maximum absolute atomic E-state index is 12.5. The highest BCUT2D eigenvalue weighted by molar-refractivity contribution is 7.89. The molecule has 0 N–H and O–H groups in total. The summed E-state index contributed by atoms with van der Waals surface area (Å²) < 4.78 is 31.8. The molecule has 0 aliphatic heterocycles. The number of hydrogen-bond donors (Lipinski definition) is 0. The summed E-state index contributed by atoms with van der Waals surface area (Å²) in [4.78, 5) is 16.8. The standard InChI is InChI=1S/C24H24N2O4S/c1-3-26(4-2)31(28,29)23-16-11-20(12-17-23)24(27)30-22-14-9-19(10-15-22)8-13-21-7-5-6-18-25-21/h5-18H,3-4H2,1-2H3/b13-8+. The van der Waals surface area contributed by atoms with Crippen LogP contribution in [0.1, 0.15) is 35.5 Å². The first kappa shape index (κ1) is 22.4. The molecular formula is C24H24N2O4S. The molecule has 1 heterocycles. The molecule has 0 saturated heterocycles. The zero-order valence-corrected chi connectivity index (χ0v) is 18.2. The number of aromatic nitrogens is 1. The predicted octanol–water partition coefficient (Wildman–Crippen LogP) is 4.50. The van der Waals surface area contributed by atoms with Crippen LogP contribution in [-0.2, 0) is 10.0 Å². The molecule has 6 nitrogen and oxygen atoms in total. The number of carbonyl (C=O) groups is 1.